The van der Waals surface area contributed by atoms with Crippen LogP contribution in [0.4, 0.5) is 10.1 Å². The van der Waals surface area contributed by atoms with E-state index in [1.165, 1.54) is 23.3 Å². The van der Waals surface area contributed by atoms with Crippen molar-refractivity contribution in [3.8, 4) is 11.3 Å². The molecule has 2 N–H and O–H groups in total. The summed E-state index contributed by atoms with van der Waals surface area (Å²) in [5.41, 5.74) is 13.3. The molecule has 0 saturated carbocycles. The fraction of sp³-hybridized carbons (Fsp3) is 0.174. The Hall–Kier alpha value is -3.18. The van der Waals surface area contributed by atoms with Crippen molar-refractivity contribution in [2.45, 2.75) is 19.5 Å². The normalized spacial score (nSPS) is 14.3. The number of nitrogen functional groups attached to an aromatic ring is 1. The Morgan fingerprint density at radius 3 is 2.57 bits per heavy atom. The summed E-state index contributed by atoms with van der Waals surface area (Å²) in [7, 11) is 0. The van der Waals surface area contributed by atoms with E-state index in [-0.39, 0.29) is 5.82 Å². The van der Waals surface area contributed by atoms with Gasteiger partial charge in [-0.15, -0.1) is 0 Å². The van der Waals surface area contributed by atoms with Crippen molar-refractivity contribution >= 4 is 11.3 Å². The van der Waals surface area contributed by atoms with Crippen LogP contribution in [0, 0.1) is 5.82 Å². The molecule has 0 amide bonds. The smallest absolute Gasteiger partial charge is 0.137 e. The van der Waals surface area contributed by atoms with Crippen LogP contribution in [0.5, 0.6) is 0 Å². The van der Waals surface area contributed by atoms with Gasteiger partial charge < -0.3 is 10.1 Å². The van der Waals surface area contributed by atoms with E-state index in [0.29, 0.717) is 5.69 Å². The third kappa shape index (κ3) is 3.04. The Morgan fingerprint density at radius 1 is 0.964 bits per heavy atom. The van der Waals surface area contributed by atoms with Gasteiger partial charge in [0.15, 0.2) is 0 Å². The van der Waals surface area contributed by atoms with E-state index in [1.54, 1.807) is 12.1 Å². The lowest BCUT2D eigenvalue weighted by atomic mass is 9.99. The SMILES string of the molecule is Nc1ccc2nc(-c3ccc(F)cc3)c(CN3CCc4ccccc4C3)n2c1. The molecule has 0 bridgehead atoms. The number of anilines is 1. The average Bonchev–Trinajstić information content (AvgIpc) is 3.06. The minimum atomic E-state index is -0.244. The zero-order chi connectivity index (χ0) is 19.1. The number of halogens is 1. The second-order valence-electron chi connectivity index (χ2n) is 7.33. The molecule has 5 heteroatoms. The highest BCUT2D eigenvalue weighted by molar-refractivity contribution is 5.67. The van der Waals surface area contributed by atoms with E-state index >= 15 is 0 Å². The van der Waals surface area contributed by atoms with Crippen LogP contribution in [-0.4, -0.2) is 20.8 Å². The Balaban J connectivity index is 1.56. The van der Waals surface area contributed by atoms with Crippen LogP contribution in [0.2, 0.25) is 0 Å². The van der Waals surface area contributed by atoms with Crippen molar-refractivity contribution in [2.75, 3.05) is 12.3 Å². The molecule has 4 nitrogen and oxygen atoms in total. The van der Waals surface area contributed by atoms with Gasteiger partial charge in [-0.25, -0.2) is 9.37 Å². The van der Waals surface area contributed by atoms with Gasteiger partial charge in [-0.3, -0.25) is 4.90 Å². The van der Waals surface area contributed by atoms with Gasteiger partial charge in [-0.05, 0) is 53.9 Å². The number of imidazole rings is 1. The monoisotopic (exact) mass is 372 g/mol. The van der Waals surface area contributed by atoms with Crippen LogP contribution in [-0.2, 0) is 19.5 Å². The maximum atomic E-state index is 13.4. The van der Waals surface area contributed by atoms with Gasteiger partial charge in [-0.1, -0.05) is 24.3 Å². The Bertz CT molecular complexity index is 1150. The first-order chi connectivity index (χ1) is 13.7. The minimum absolute atomic E-state index is 0.244. The molecule has 2 aromatic carbocycles. The highest BCUT2D eigenvalue weighted by Crippen LogP contribution is 2.28. The van der Waals surface area contributed by atoms with Crippen LogP contribution in [0.25, 0.3) is 16.9 Å². The van der Waals surface area contributed by atoms with Crippen LogP contribution in [0.15, 0.2) is 66.9 Å². The highest BCUT2D eigenvalue weighted by Gasteiger charge is 2.21. The van der Waals surface area contributed by atoms with Crippen molar-refractivity contribution < 1.29 is 4.39 Å². The number of rotatable bonds is 3. The Labute approximate surface area is 163 Å². The topological polar surface area (TPSA) is 46.6 Å². The molecule has 1 aliphatic rings. The van der Waals surface area contributed by atoms with E-state index in [2.05, 4.69) is 33.6 Å². The van der Waals surface area contributed by atoms with Crippen molar-refractivity contribution in [1.29, 1.82) is 0 Å². The quantitative estimate of drug-likeness (QED) is 0.584. The van der Waals surface area contributed by atoms with E-state index in [4.69, 9.17) is 10.7 Å². The fourth-order valence-corrected chi connectivity index (χ4v) is 4.00. The molecular formula is C23H21FN4. The first kappa shape index (κ1) is 17.0. The summed E-state index contributed by atoms with van der Waals surface area (Å²) in [6.45, 7) is 2.66. The predicted molar refractivity (Wildman–Crippen MR) is 109 cm³/mol. The zero-order valence-electron chi connectivity index (χ0n) is 15.5. The van der Waals surface area contributed by atoms with E-state index < -0.39 is 0 Å². The summed E-state index contributed by atoms with van der Waals surface area (Å²) in [5.74, 6) is -0.244. The number of nitrogens with zero attached hydrogens (tertiary/aromatic N) is 3. The summed E-state index contributed by atoms with van der Waals surface area (Å²) in [6, 6.07) is 18.9. The molecular weight excluding hydrogens is 351 g/mol. The predicted octanol–water partition coefficient (Wildman–Crippen LogP) is 4.28. The Kier molecular flexibility index (Phi) is 4.10. The lowest BCUT2D eigenvalue weighted by molar-refractivity contribution is 0.242. The van der Waals surface area contributed by atoms with Crippen LogP contribution in [0.1, 0.15) is 16.8 Å². The van der Waals surface area contributed by atoms with Gasteiger partial charge in [0, 0.05) is 37.1 Å². The van der Waals surface area contributed by atoms with Crippen LogP contribution < -0.4 is 5.73 Å². The molecule has 0 aliphatic carbocycles. The number of pyridine rings is 1. The van der Waals surface area contributed by atoms with Gasteiger partial charge in [0.1, 0.15) is 11.5 Å². The molecule has 0 atom stereocenters. The largest absolute Gasteiger partial charge is 0.398 e. The third-order valence-electron chi connectivity index (χ3n) is 5.44. The van der Waals surface area contributed by atoms with E-state index in [9.17, 15) is 4.39 Å². The molecule has 0 unspecified atom stereocenters. The third-order valence-corrected chi connectivity index (χ3v) is 5.44. The summed E-state index contributed by atoms with van der Waals surface area (Å²) in [6.07, 6.45) is 2.96. The number of hydrogen-bond acceptors (Lipinski definition) is 3. The lowest BCUT2D eigenvalue weighted by Crippen LogP contribution is -2.30. The van der Waals surface area contributed by atoms with Gasteiger partial charge in [-0.2, -0.15) is 0 Å². The molecule has 5 rings (SSSR count). The standard InChI is InChI=1S/C23H21FN4/c24-19-7-5-17(6-8-19)23-21(28-14-20(25)9-10-22(28)26-23)15-27-12-11-16-3-1-2-4-18(16)13-27/h1-10,14H,11-13,15,25H2. The molecule has 28 heavy (non-hydrogen) atoms. The molecule has 0 spiro atoms. The molecule has 140 valence electrons. The van der Waals surface area contributed by atoms with Gasteiger partial charge in [0.2, 0.25) is 0 Å². The van der Waals surface area contributed by atoms with Crippen LogP contribution in [0.3, 0.4) is 0 Å². The van der Waals surface area contributed by atoms with Gasteiger partial charge in [0.25, 0.3) is 0 Å². The fourth-order valence-electron chi connectivity index (χ4n) is 4.00. The minimum Gasteiger partial charge on any atom is -0.398 e. The molecule has 0 radical (unpaired) electrons. The molecule has 1 aliphatic heterocycles. The number of hydrogen-bond donors (Lipinski definition) is 1. The summed E-state index contributed by atoms with van der Waals surface area (Å²) in [4.78, 5) is 7.25. The van der Waals surface area contributed by atoms with E-state index in [0.717, 1.165) is 48.7 Å². The number of nitrogens with two attached hydrogens (primary N) is 1. The highest BCUT2D eigenvalue weighted by atomic mass is 19.1. The molecule has 2 aromatic heterocycles. The summed E-state index contributed by atoms with van der Waals surface area (Å²) < 4.78 is 15.5. The summed E-state index contributed by atoms with van der Waals surface area (Å²) in [5, 5.41) is 0. The second-order valence-corrected chi connectivity index (χ2v) is 7.33. The van der Waals surface area contributed by atoms with Crippen molar-refractivity contribution in [1.82, 2.24) is 14.3 Å². The van der Waals surface area contributed by atoms with Crippen LogP contribution >= 0.6 is 0 Å². The van der Waals surface area contributed by atoms with Gasteiger partial charge in [0.05, 0.1) is 11.4 Å². The number of benzene rings is 2. The van der Waals surface area contributed by atoms with Gasteiger partial charge >= 0.3 is 0 Å². The maximum absolute atomic E-state index is 13.4. The molecule has 0 fully saturated rings. The molecule has 0 saturated heterocycles. The van der Waals surface area contributed by atoms with E-state index in [1.807, 2.05) is 18.3 Å². The first-order valence-electron chi connectivity index (χ1n) is 9.49. The maximum Gasteiger partial charge on any atom is 0.137 e. The molecule has 3 heterocycles. The number of fused-ring (bicyclic) bond motifs is 2. The average molecular weight is 372 g/mol. The Morgan fingerprint density at radius 2 is 1.75 bits per heavy atom. The second kappa shape index (κ2) is 6.77. The van der Waals surface area contributed by atoms with Crippen molar-refractivity contribution in [3.63, 3.8) is 0 Å². The lowest BCUT2D eigenvalue weighted by Gasteiger charge is -2.28. The van der Waals surface area contributed by atoms with Crippen molar-refractivity contribution in [2.24, 2.45) is 0 Å². The number of aromatic nitrogens is 2. The van der Waals surface area contributed by atoms with Crippen molar-refractivity contribution in [3.05, 3.63) is 89.5 Å². The first-order valence-corrected chi connectivity index (χ1v) is 9.49. The zero-order valence-corrected chi connectivity index (χ0v) is 15.5. The summed E-state index contributed by atoms with van der Waals surface area (Å²) >= 11 is 0. The molecule has 4 aromatic rings.